The Balaban J connectivity index is 1.50. The van der Waals surface area contributed by atoms with Crippen LogP contribution in [-0.2, 0) is 6.42 Å². The van der Waals surface area contributed by atoms with Crippen LogP contribution < -0.4 is 0 Å². The number of aliphatic hydroxyl groups excluding tert-OH is 1. The molecule has 1 aliphatic heterocycles. The summed E-state index contributed by atoms with van der Waals surface area (Å²) in [4.78, 5) is 9.01. The predicted molar refractivity (Wildman–Crippen MR) is 83.8 cm³/mol. The van der Waals surface area contributed by atoms with Crippen molar-refractivity contribution in [3.8, 4) is 0 Å². The maximum absolute atomic E-state index is 10.2. The van der Waals surface area contributed by atoms with Crippen molar-refractivity contribution in [1.82, 2.24) is 19.9 Å². The predicted octanol–water partition coefficient (Wildman–Crippen LogP) is 1.64. The van der Waals surface area contributed by atoms with Crippen LogP contribution in [0.4, 0.5) is 0 Å². The monoisotopic (exact) mass is 320 g/mol. The second kappa shape index (κ2) is 7.25. The second-order valence-electron chi connectivity index (χ2n) is 5.95. The molecule has 1 aliphatic rings. The van der Waals surface area contributed by atoms with E-state index < -0.39 is 6.10 Å². The minimum absolute atomic E-state index is 0.125. The third-order valence-corrected chi connectivity index (χ3v) is 4.41. The van der Waals surface area contributed by atoms with Gasteiger partial charge in [0.1, 0.15) is 11.9 Å². The molecule has 7 nitrogen and oxygen atoms in total. The average molecular weight is 320 g/mol. The summed E-state index contributed by atoms with van der Waals surface area (Å²) in [6, 6.07) is 3.73. The normalized spacial score (nSPS) is 19.8. The molecule has 1 saturated heterocycles. The summed E-state index contributed by atoms with van der Waals surface area (Å²) in [6.07, 6.45) is 1.80. The lowest BCUT2D eigenvalue weighted by Crippen LogP contribution is -2.48. The summed E-state index contributed by atoms with van der Waals surface area (Å²) in [5, 5.41) is 14.1. The van der Waals surface area contributed by atoms with Gasteiger partial charge in [0.15, 0.2) is 5.82 Å². The second-order valence-corrected chi connectivity index (χ2v) is 5.95. The fourth-order valence-electron chi connectivity index (χ4n) is 2.89. The Morgan fingerprint density at radius 3 is 2.70 bits per heavy atom. The maximum Gasteiger partial charge on any atom is 0.243 e. The Morgan fingerprint density at radius 1 is 1.30 bits per heavy atom. The minimum Gasteiger partial charge on any atom is -0.467 e. The van der Waals surface area contributed by atoms with E-state index in [2.05, 4.69) is 26.9 Å². The maximum atomic E-state index is 10.2. The average Bonchev–Trinajstić information content (AvgIpc) is 3.26. The van der Waals surface area contributed by atoms with Crippen molar-refractivity contribution in [1.29, 1.82) is 0 Å². The highest BCUT2D eigenvalue weighted by atomic mass is 16.5. The first-order chi connectivity index (χ1) is 11.2. The van der Waals surface area contributed by atoms with Crippen LogP contribution in [0.25, 0.3) is 0 Å². The highest BCUT2D eigenvalue weighted by molar-refractivity contribution is 5.02. The van der Waals surface area contributed by atoms with E-state index in [4.69, 9.17) is 8.94 Å². The van der Waals surface area contributed by atoms with Crippen LogP contribution >= 0.6 is 0 Å². The van der Waals surface area contributed by atoms with E-state index in [1.807, 2.05) is 13.0 Å². The van der Waals surface area contributed by atoms with Crippen molar-refractivity contribution in [3.63, 3.8) is 0 Å². The van der Waals surface area contributed by atoms with Gasteiger partial charge < -0.3 is 14.0 Å². The number of furan rings is 1. The Labute approximate surface area is 135 Å². The highest BCUT2D eigenvalue weighted by Crippen LogP contribution is 2.21. The van der Waals surface area contributed by atoms with Gasteiger partial charge in [-0.15, -0.1) is 0 Å². The van der Waals surface area contributed by atoms with Crippen molar-refractivity contribution < 1.29 is 14.0 Å². The molecule has 0 amide bonds. The third kappa shape index (κ3) is 3.80. The molecular weight excluding hydrogens is 296 g/mol. The van der Waals surface area contributed by atoms with Crippen molar-refractivity contribution in [2.24, 2.45) is 0 Å². The molecule has 0 saturated carbocycles. The van der Waals surface area contributed by atoms with Gasteiger partial charge in [0.2, 0.25) is 5.89 Å². The molecule has 2 aromatic rings. The number of hydrogen-bond acceptors (Lipinski definition) is 7. The smallest absolute Gasteiger partial charge is 0.243 e. The van der Waals surface area contributed by atoms with Crippen LogP contribution in [-0.4, -0.2) is 57.8 Å². The SMILES string of the molecule is CCc1noc(C(C)N2CCN(CC(O)c3ccco3)CC2)n1. The number of piperazine rings is 1. The molecule has 2 atom stereocenters. The molecular formula is C16H24N4O3. The summed E-state index contributed by atoms with van der Waals surface area (Å²) in [5.74, 6) is 2.07. The molecule has 2 aromatic heterocycles. The first-order valence-electron chi connectivity index (χ1n) is 8.17. The topological polar surface area (TPSA) is 78.8 Å². The van der Waals surface area contributed by atoms with Gasteiger partial charge in [-0.05, 0) is 19.1 Å². The number of hydrogen-bond donors (Lipinski definition) is 1. The standard InChI is InChI=1S/C16H24N4O3/c1-3-15-17-16(23-18-15)12(2)20-8-6-19(7-9-20)11-13(21)14-5-4-10-22-14/h4-5,10,12-13,21H,3,6-9,11H2,1-2H3. The summed E-state index contributed by atoms with van der Waals surface area (Å²) < 4.78 is 10.6. The molecule has 0 aliphatic carbocycles. The molecule has 3 rings (SSSR count). The van der Waals surface area contributed by atoms with Gasteiger partial charge in [0.25, 0.3) is 0 Å². The van der Waals surface area contributed by atoms with Gasteiger partial charge >= 0.3 is 0 Å². The van der Waals surface area contributed by atoms with Crippen molar-refractivity contribution in [2.75, 3.05) is 32.7 Å². The van der Waals surface area contributed by atoms with E-state index in [9.17, 15) is 5.11 Å². The first-order valence-corrected chi connectivity index (χ1v) is 8.17. The molecule has 1 fully saturated rings. The minimum atomic E-state index is -0.572. The Hall–Kier alpha value is -1.70. The summed E-state index contributed by atoms with van der Waals surface area (Å²) in [6.45, 7) is 8.33. The Morgan fingerprint density at radius 2 is 2.09 bits per heavy atom. The van der Waals surface area contributed by atoms with E-state index >= 15 is 0 Å². The number of aryl methyl sites for hydroxylation is 1. The van der Waals surface area contributed by atoms with Crippen LogP contribution in [0.1, 0.15) is 43.5 Å². The zero-order valence-electron chi connectivity index (χ0n) is 13.7. The Kier molecular flexibility index (Phi) is 5.09. The lowest BCUT2D eigenvalue weighted by Gasteiger charge is -2.37. The van der Waals surface area contributed by atoms with Crippen molar-refractivity contribution >= 4 is 0 Å². The van der Waals surface area contributed by atoms with E-state index in [1.54, 1.807) is 12.3 Å². The molecule has 0 bridgehead atoms. The fraction of sp³-hybridized carbons (Fsp3) is 0.625. The third-order valence-electron chi connectivity index (χ3n) is 4.41. The molecule has 0 aromatic carbocycles. The van der Waals surface area contributed by atoms with Crippen LogP contribution in [0.15, 0.2) is 27.3 Å². The molecule has 1 N–H and O–H groups in total. The first kappa shape index (κ1) is 16.2. The van der Waals surface area contributed by atoms with Gasteiger partial charge in [-0.1, -0.05) is 12.1 Å². The number of β-amino-alcohol motifs (C(OH)–C–C–N with tert-alkyl or cyclic N) is 1. The summed E-state index contributed by atoms with van der Waals surface area (Å²) >= 11 is 0. The largest absolute Gasteiger partial charge is 0.467 e. The number of rotatable bonds is 6. The molecule has 0 spiro atoms. The highest BCUT2D eigenvalue weighted by Gasteiger charge is 2.26. The molecule has 7 heteroatoms. The van der Waals surface area contributed by atoms with Crippen molar-refractivity contribution in [3.05, 3.63) is 35.9 Å². The Bertz CT molecular complexity index is 590. The van der Waals surface area contributed by atoms with Gasteiger partial charge in [-0.2, -0.15) is 4.98 Å². The van der Waals surface area contributed by atoms with Crippen LogP contribution in [0.2, 0.25) is 0 Å². The van der Waals surface area contributed by atoms with Crippen LogP contribution in [0, 0.1) is 0 Å². The van der Waals surface area contributed by atoms with E-state index in [1.165, 1.54) is 0 Å². The number of aliphatic hydroxyl groups is 1. The quantitative estimate of drug-likeness (QED) is 0.866. The van der Waals surface area contributed by atoms with Crippen LogP contribution in [0.3, 0.4) is 0 Å². The molecule has 126 valence electrons. The molecule has 23 heavy (non-hydrogen) atoms. The van der Waals surface area contributed by atoms with Gasteiger partial charge in [0, 0.05) is 39.1 Å². The molecule has 0 radical (unpaired) electrons. The molecule has 3 heterocycles. The fourth-order valence-corrected chi connectivity index (χ4v) is 2.89. The van der Waals surface area contributed by atoms with Crippen LogP contribution in [0.5, 0.6) is 0 Å². The van der Waals surface area contributed by atoms with Gasteiger partial charge in [-0.25, -0.2) is 0 Å². The van der Waals surface area contributed by atoms with Gasteiger partial charge in [-0.3, -0.25) is 9.80 Å². The zero-order chi connectivity index (χ0) is 16.2. The summed E-state index contributed by atoms with van der Waals surface area (Å²) in [5.41, 5.74) is 0. The lowest BCUT2D eigenvalue weighted by molar-refractivity contribution is 0.0452. The van der Waals surface area contributed by atoms with E-state index in [0.29, 0.717) is 18.2 Å². The van der Waals surface area contributed by atoms with Crippen molar-refractivity contribution in [2.45, 2.75) is 32.4 Å². The molecule has 2 unspecified atom stereocenters. The van der Waals surface area contributed by atoms with Gasteiger partial charge in [0.05, 0.1) is 12.3 Å². The lowest BCUT2D eigenvalue weighted by atomic mass is 10.2. The summed E-state index contributed by atoms with van der Waals surface area (Å²) in [7, 11) is 0. The number of nitrogens with zero attached hydrogens (tertiary/aromatic N) is 4. The zero-order valence-corrected chi connectivity index (χ0v) is 13.7. The number of aromatic nitrogens is 2. The van der Waals surface area contributed by atoms with E-state index in [-0.39, 0.29) is 6.04 Å². The van der Waals surface area contributed by atoms with E-state index in [0.717, 1.165) is 38.4 Å².